The van der Waals surface area contributed by atoms with Crippen LogP contribution in [0.1, 0.15) is 29.4 Å². The molecule has 0 saturated carbocycles. The monoisotopic (exact) mass is 501 g/mol. The molecule has 156 valence electrons. The Kier molecular flexibility index (Phi) is 9.57. The van der Waals surface area contributed by atoms with Gasteiger partial charge in [-0.1, -0.05) is 12.1 Å². The lowest BCUT2D eigenvalue weighted by molar-refractivity contribution is 0.351. The highest BCUT2D eigenvalue weighted by atomic mass is 127. The summed E-state index contributed by atoms with van der Waals surface area (Å²) < 4.78 is 12.8. The van der Waals surface area contributed by atoms with Crippen LogP contribution in [0.5, 0.6) is 11.5 Å². The van der Waals surface area contributed by atoms with Crippen LogP contribution in [-0.4, -0.2) is 43.0 Å². The maximum absolute atomic E-state index is 5.49. The van der Waals surface area contributed by atoms with Gasteiger partial charge in [-0.2, -0.15) is 5.10 Å². The Morgan fingerprint density at radius 2 is 1.96 bits per heavy atom. The molecule has 1 aromatic carbocycles. The van der Waals surface area contributed by atoms with E-state index in [-0.39, 0.29) is 30.0 Å². The minimum atomic E-state index is 0. The minimum absolute atomic E-state index is 0. The van der Waals surface area contributed by atoms with Crippen molar-refractivity contribution in [3.05, 3.63) is 40.7 Å². The Morgan fingerprint density at radius 3 is 2.50 bits per heavy atom. The Bertz CT molecular complexity index is 804. The fourth-order valence-electron chi connectivity index (χ4n) is 3.17. The van der Waals surface area contributed by atoms with Gasteiger partial charge < -0.3 is 20.1 Å². The summed E-state index contributed by atoms with van der Waals surface area (Å²) in [7, 11) is 7.03. The van der Waals surface area contributed by atoms with Crippen LogP contribution >= 0.6 is 24.0 Å². The van der Waals surface area contributed by atoms with Crippen molar-refractivity contribution in [2.24, 2.45) is 12.0 Å². The first kappa shape index (κ1) is 24.1. The number of methoxy groups -OCH3 is 2. The topological polar surface area (TPSA) is 72.7 Å². The van der Waals surface area contributed by atoms with Crippen molar-refractivity contribution in [1.29, 1.82) is 0 Å². The molecule has 0 aliphatic carbocycles. The number of ether oxygens (including phenoxy) is 2. The Labute approximate surface area is 184 Å². The molecule has 0 fully saturated rings. The first-order valence-electron chi connectivity index (χ1n) is 9.07. The molecule has 2 N–H and O–H groups in total. The van der Waals surface area contributed by atoms with Crippen LogP contribution in [0.4, 0.5) is 0 Å². The number of nitrogens with one attached hydrogen (secondary N) is 2. The summed E-state index contributed by atoms with van der Waals surface area (Å²) in [4.78, 5) is 4.33. The van der Waals surface area contributed by atoms with Gasteiger partial charge in [0.25, 0.3) is 0 Å². The minimum Gasteiger partial charge on any atom is -0.493 e. The molecule has 0 aliphatic heterocycles. The Hall–Kier alpha value is -1.97. The van der Waals surface area contributed by atoms with Crippen LogP contribution < -0.4 is 20.1 Å². The van der Waals surface area contributed by atoms with E-state index in [0.717, 1.165) is 35.1 Å². The number of aliphatic imine (C=N–C) groups is 1. The molecule has 0 bridgehead atoms. The molecule has 1 aromatic heterocycles. The zero-order valence-electron chi connectivity index (χ0n) is 17.8. The largest absolute Gasteiger partial charge is 0.493 e. The molecule has 28 heavy (non-hydrogen) atoms. The zero-order valence-corrected chi connectivity index (χ0v) is 20.1. The van der Waals surface area contributed by atoms with Crippen molar-refractivity contribution in [3.8, 4) is 11.5 Å². The van der Waals surface area contributed by atoms with E-state index in [9.17, 15) is 0 Å². The van der Waals surface area contributed by atoms with E-state index < -0.39 is 0 Å². The van der Waals surface area contributed by atoms with Gasteiger partial charge in [0.1, 0.15) is 0 Å². The molecule has 0 aliphatic rings. The average molecular weight is 501 g/mol. The third kappa shape index (κ3) is 5.76. The van der Waals surface area contributed by atoms with Crippen molar-refractivity contribution in [2.45, 2.75) is 39.8 Å². The first-order valence-corrected chi connectivity index (χ1v) is 9.07. The van der Waals surface area contributed by atoms with Crippen LogP contribution in [0.2, 0.25) is 0 Å². The Balaban J connectivity index is 0.00000392. The normalized spacial score (nSPS) is 12.2. The van der Waals surface area contributed by atoms with E-state index in [1.54, 1.807) is 21.3 Å². The number of rotatable bonds is 7. The van der Waals surface area contributed by atoms with Crippen molar-refractivity contribution < 1.29 is 9.47 Å². The summed E-state index contributed by atoms with van der Waals surface area (Å²) in [5, 5.41) is 11.3. The number of hydrogen-bond acceptors (Lipinski definition) is 4. The number of aryl methyl sites for hydroxylation is 2. The molecule has 8 heteroatoms. The summed E-state index contributed by atoms with van der Waals surface area (Å²) in [6.07, 6.45) is 0.884. The van der Waals surface area contributed by atoms with Crippen molar-refractivity contribution >= 4 is 29.9 Å². The molecule has 1 unspecified atom stereocenters. The van der Waals surface area contributed by atoms with Gasteiger partial charge in [0, 0.05) is 37.9 Å². The number of guanidine groups is 1. The number of hydrogen-bond donors (Lipinski definition) is 2. The highest BCUT2D eigenvalue weighted by molar-refractivity contribution is 14.0. The summed E-state index contributed by atoms with van der Waals surface area (Å²) in [5.74, 6) is 2.19. The van der Waals surface area contributed by atoms with E-state index in [1.807, 2.05) is 29.9 Å². The van der Waals surface area contributed by atoms with E-state index in [2.05, 4.69) is 41.5 Å². The number of aromatic nitrogens is 2. The second-order valence-corrected chi connectivity index (χ2v) is 6.60. The van der Waals surface area contributed by atoms with E-state index in [0.29, 0.717) is 6.54 Å². The van der Waals surface area contributed by atoms with Crippen LogP contribution in [0.15, 0.2) is 23.2 Å². The lowest BCUT2D eigenvalue weighted by Crippen LogP contribution is -2.42. The second-order valence-electron chi connectivity index (χ2n) is 6.60. The highest BCUT2D eigenvalue weighted by Gasteiger charge is 2.15. The first-order chi connectivity index (χ1) is 12.9. The van der Waals surface area contributed by atoms with Gasteiger partial charge in [-0.25, -0.2) is 0 Å². The molecular formula is C20H32IN5O2. The quantitative estimate of drug-likeness (QED) is 0.347. The summed E-state index contributed by atoms with van der Waals surface area (Å²) in [6.45, 7) is 6.88. The number of benzene rings is 1. The molecule has 0 amide bonds. The van der Waals surface area contributed by atoms with E-state index in [4.69, 9.17) is 9.47 Å². The van der Waals surface area contributed by atoms with Gasteiger partial charge in [-0.05, 0) is 38.8 Å². The average Bonchev–Trinajstić information content (AvgIpc) is 2.90. The molecule has 7 nitrogen and oxygen atoms in total. The van der Waals surface area contributed by atoms with Gasteiger partial charge in [0.05, 0.1) is 19.9 Å². The number of nitrogens with zero attached hydrogens (tertiary/aromatic N) is 3. The molecule has 0 spiro atoms. The van der Waals surface area contributed by atoms with Gasteiger partial charge in [-0.3, -0.25) is 9.67 Å². The number of para-hydroxylation sites is 1. The standard InChI is InChI=1S/C20H31N5O2.HI/c1-13(11-17-14(2)24-25(5)15(17)3)23-20(21-4)22-12-16-9-8-10-18(26-6)19(16)27-7;/h8-10,13H,11-12H2,1-7H3,(H2,21,22,23);1H. The summed E-state index contributed by atoms with van der Waals surface area (Å²) >= 11 is 0. The van der Waals surface area contributed by atoms with Gasteiger partial charge >= 0.3 is 0 Å². The third-order valence-corrected chi connectivity index (χ3v) is 4.71. The molecule has 0 radical (unpaired) electrons. The van der Waals surface area contributed by atoms with Crippen LogP contribution in [-0.2, 0) is 20.0 Å². The fourth-order valence-corrected chi connectivity index (χ4v) is 3.17. The fraction of sp³-hybridized carbons (Fsp3) is 0.500. The zero-order chi connectivity index (χ0) is 20.0. The van der Waals surface area contributed by atoms with Crippen LogP contribution in [0.25, 0.3) is 0 Å². The highest BCUT2D eigenvalue weighted by Crippen LogP contribution is 2.30. The van der Waals surface area contributed by atoms with Crippen LogP contribution in [0.3, 0.4) is 0 Å². The summed E-state index contributed by atoms with van der Waals surface area (Å²) in [5.41, 5.74) is 4.56. The smallest absolute Gasteiger partial charge is 0.191 e. The van der Waals surface area contributed by atoms with Crippen LogP contribution in [0, 0.1) is 13.8 Å². The third-order valence-electron chi connectivity index (χ3n) is 4.71. The molecule has 2 aromatic rings. The predicted octanol–water partition coefficient (Wildman–Crippen LogP) is 2.97. The van der Waals surface area contributed by atoms with Crippen molar-refractivity contribution in [2.75, 3.05) is 21.3 Å². The van der Waals surface area contributed by atoms with E-state index >= 15 is 0 Å². The van der Waals surface area contributed by atoms with Gasteiger partial charge in [-0.15, -0.1) is 24.0 Å². The van der Waals surface area contributed by atoms with Gasteiger partial charge in [0.2, 0.25) is 0 Å². The van der Waals surface area contributed by atoms with Crippen molar-refractivity contribution in [1.82, 2.24) is 20.4 Å². The summed E-state index contributed by atoms with van der Waals surface area (Å²) in [6, 6.07) is 6.05. The maximum Gasteiger partial charge on any atom is 0.191 e. The predicted molar refractivity (Wildman–Crippen MR) is 124 cm³/mol. The number of halogens is 1. The SMILES string of the molecule is CN=C(NCc1cccc(OC)c1OC)NC(C)Cc1c(C)nn(C)c1C.I. The second kappa shape index (κ2) is 11.1. The van der Waals surface area contributed by atoms with Crippen molar-refractivity contribution in [3.63, 3.8) is 0 Å². The molecule has 1 heterocycles. The molecule has 2 rings (SSSR count). The maximum atomic E-state index is 5.49. The van der Waals surface area contributed by atoms with E-state index in [1.165, 1.54) is 11.3 Å². The lowest BCUT2D eigenvalue weighted by Gasteiger charge is -2.19. The molecular weight excluding hydrogens is 469 g/mol. The molecule has 1 atom stereocenters. The lowest BCUT2D eigenvalue weighted by atomic mass is 10.1. The molecule has 0 saturated heterocycles. The van der Waals surface area contributed by atoms with Gasteiger partial charge in [0.15, 0.2) is 17.5 Å². The Morgan fingerprint density at radius 1 is 1.25 bits per heavy atom.